The number of rotatable bonds is 3. The molecular formula is C9H7F3O3. The Bertz CT molecular complexity index is 390. The summed E-state index contributed by atoms with van der Waals surface area (Å²) in [6, 6.07) is 1.97. The van der Waals surface area contributed by atoms with Gasteiger partial charge in [0, 0.05) is 0 Å². The fraction of sp³-hybridized carbons (Fsp3) is 0.222. The quantitative estimate of drug-likeness (QED) is 0.850. The Morgan fingerprint density at radius 2 is 2.07 bits per heavy atom. The first-order valence-corrected chi connectivity index (χ1v) is 3.90. The van der Waals surface area contributed by atoms with E-state index in [4.69, 9.17) is 5.11 Å². The predicted octanol–water partition coefficient (Wildman–Crippen LogP) is 2.43. The van der Waals surface area contributed by atoms with Crippen LogP contribution < -0.4 is 4.74 Å². The summed E-state index contributed by atoms with van der Waals surface area (Å²) in [7, 11) is 0. The van der Waals surface area contributed by atoms with Crippen molar-refractivity contribution in [3.63, 3.8) is 0 Å². The first-order valence-electron chi connectivity index (χ1n) is 3.90. The third-order valence-corrected chi connectivity index (χ3v) is 1.63. The van der Waals surface area contributed by atoms with Crippen LogP contribution in [0.4, 0.5) is 13.2 Å². The van der Waals surface area contributed by atoms with E-state index in [1.54, 1.807) is 0 Å². The number of carbonyl (C=O) groups is 1. The van der Waals surface area contributed by atoms with Gasteiger partial charge in [-0.2, -0.15) is 8.78 Å². The monoisotopic (exact) mass is 220 g/mol. The van der Waals surface area contributed by atoms with Crippen LogP contribution in [0.3, 0.4) is 0 Å². The molecule has 0 fully saturated rings. The highest BCUT2D eigenvalue weighted by Crippen LogP contribution is 2.25. The number of alkyl halides is 2. The Balaban J connectivity index is 3.27. The first-order chi connectivity index (χ1) is 6.91. The van der Waals surface area contributed by atoms with E-state index in [1.165, 1.54) is 6.92 Å². The molecule has 1 rings (SSSR count). The van der Waals surface area contributed by atoms with Gasteiger partial charge in [-0.3, -0.25) is 0 Å². The van der Waals surface area contributed by atoms with E-state index in [2.05, 4.69) is 4.74 Å². The van der Waals surface area contributed by atoms with Gasteiger partial charge in [0.15, 0.2) is 0 Å². The molecule has 3 nitrogen and oxygen atoms in total. The highest BCUT2D eigenvalue weighted by atomic mass is 19.3. The summed E-state index contributed by atoms with van der Waals surface area (Å²) < 4.78 is 40.8. The summed E-state index contributed by atoms with van der Waals surface area (Å²) in [6.45, 7) is -1.75. The molecule has 0 bridgehead atoms. The summed E-state index contributed by atoms with van der Waals surface area (Å²) in [5.74, 6) is -3.42. The number of hydrogen-bond acceptors (Lipinski definition) is 2. The van der Waals surface area contributed by atoms with Gasteiger partial charge < -0.3 is 9.84 Å². The summed E-state index contributed by atoms with van der Waals surface area (Å²) >= 11 is 0. The number of carboxylic acid groups (broad SMARTS) is 1. The molecule has 15 heavy (non-hydrogen) atoms. The molecule has 1 N–H and O–H groups in total. The smallest absolute Gasteiger partial charge is 0.387 e. The standard InChI is InChI=1S/C9H7F3O3/c1-4-2-5(10)7(8(13)14)6(3-4)15-9(11)12/h2-3,9H,1H3,(H,13,14). The van der Waals surface area contributed by atoms with Gasteiger partial charge in [-0.25, -0.2) is 9.18 Å². The van der Waals surface area contributed by atoms with E-state index in [0.717, 1.165) is 12.1 Å². The molecule has 82 valence electrons. The molecule has 0 heterocycles. The minimum Gasteiger partial charge on any atom is -0.477 e. The summed E-state index contributed by atoms with van der Waals surface area (Å²) in [5, 5.41) is 8.59. The van der Waals surface area contributed by atoms with Gasteiger partial charge in [-0.1, -0.05) is 0 Å². The second kappa shape index (κ2) is 4.20. The van der Waals surface area contributed by atoms with Gasteiger partial charge >= 0.3 is 12.6 Å². The fourth-order valence-electron chi connectivity index (χ4n) is 1.11. The topological polar surface area (TPSA) is 46.5 Å². The zero-order valence-electron chi connectivity index (χ0n) is 7.63. The number of aryl methyl sites for hydroxylation is 1. The lowest BCUT2D eigenvalue weighted by Gasteiger charge is -2.09. The molecule has 0 saturated carbocycles. The zero-order chi connectivity index (χ0) is 11.6. The van der Waals surface area contributed by atoms with E-state index >= 15 is 0 Å². The van der Waals surface area contributed by atoms with Crippen molar-refractivity contribution in [2.75, 3.05) is 0 Å². The van der Waals surface area contributed by atoms with Gasteiger partial charge in [0.1, 0.15) is 17.1 Å². The molecule has 1 aromatic rings. The number of carboxylic acids is 1. The van der Waals surface area contributed by atoms with Crippen molar-refractivity contribution >= 4 is 5.97 Å². The molecular weight excluding hydrogens is 213 g/mol. The Morgan fingerprint density at radius 1 is 1.47 bits per heavy atom. The molecule has 0 saturated heterocycles. The Hall–Kier alpha value is -1.72. The van der Waals surface area contributed by atoms with Crippen molar-refractivity contribution < 1.29 is 27.8 Å². The van der Waals surface area contributed by atoms with Crippen LogP contribution in [0.15, 0.2) is 12.1 Å². The molecule has 0 aliphatic heterocycles. The van der Waals surface area contributed by atoms with E-state index in [-0.39, 0.29) is 0 Å². The van der Waals surface area contributed by atoms with Crippen molar-refractivity contribution in [1.29, 1.82) is 0 Å². The van der Waals surface area contributed by atoms with Crippen LogP contribution in [0, 0.1) is 12.7 Å². The Kier molecular flexibility index (Phi) is 3.18. The first kappa shape index (κ1) is 11.4. The maximum atomic E-state index is 13.1. The third-order valence-electron chi connectivity index (χ3n) is 1.63. The number of benzene rings is 1. The molecule has 0 aliphatic rings. The number of ether oxygens (including phenoxy) is 1. The number of hydrogen-bond donors (Lipinski definition) is 1. The molecule has 0 amide bonds. The van der Waals surface area contributed by atoms with Crippen molar-refractivity contribution in [2.24, 2.45) is 0 Å². The summed E-state index contributed by atoms with van der Waals surface area (Å²) in [4.78, 5) is 10.6. The maximum absolute atomic E-state index is 13.1. The molecule has 1 aromatic carbocycles. The molecule has 0 aromatic heterocycles. The van der Waals surface area contributed by atoms with Crippen LogP contribution in [-0.4, -0.2) is 17.7 Å². The van der Waals surface area contributed by atoms with Crippen molar-refractivity contribution in [3.8, 4) is 5.75 Å². The molecule has 0 aliphatic carbocycles. The SMILES string of the molecule is Cc1cc(F)c(C(=O)O)c(OC(F)F)c1. The lowest BCUT2D eigenvalue weighted by Crippen LogP contribution is -2.10. The molecule has 0 atom stereocenters. The highest BCUT2D eigenvalue weighted by Gasteiger charge is 2.20. The average Bonchev–Trinajstić information content (AvgIpc) is 1.99. The average molecular weight is 220 g/mol. The second-order valence-corrected chi connectivity index (χ2v) is 2.80. The van der Waals surface area contributed by atoms with Crippen LogP contribution in [0.25, 0.3) is 0 Å². The molecule has 0 radical (unpaired) electrons. The molecule has 0 unspecified atom stereocenters. The van der Waals surface area contributed by atoms with E-state index in [9.17, 15) is 18.0 Å². The molecule has 0 spiro atoms. The maximum Gasteiger partial charge on any atom is 0.387 e. The predicted molar refractivity (Wildman–Crippen MR) is 44.7 cm³/mol. The lowest BCUT2D eigenvalue weighted by atomic mass is 10.1. The lowest BCUT2D eigenvalue weighted by molar-refractivity contribution is -0.0505. The van der Waals surface area contributed by atoms with Gasteiger partial charge in [0.05, 0.1) is 0 Å². The Labute approximate surface area is 83.1 Å². The van der Waals surface area contributed by atoms with Crippen LogP contribution in [0.1, 0.15) is 15.9 Å². The minimum absolute atomic E-state index is 0.299. The number of aromatic carboxylic acids is 1. The Morgan fingerprint density at radius 3 is 2.53 bits per heavy atom. The van der Waals surface area contributed by atoms with Gasteiger partial charge in [0.25, 0.3) is 0 Å². The zero-order valence-corrected chi connectivity index (χ0v) is 7.63. The second-order valence-electron chi connectivity index (χ2n) is 2.80. The largest absolute Gasteiger partial charge is 0.477 e. The highest BCUT2D eigenvalue weighted by molar-refractivity contribution is 5.91. The van der Waals surface area contributed by atoms with E-state index < -0.39 is 29.7 Å². The minimum atomic E-state index is -3.19. The van der Waals surface area contributed by atoms with E-state index in [0.29, 0.717) is 5.56 Å². The summed E-state index contributed by atoms with van der Waals surface area (Å²) in [5.41, 5.74) is -0.589. The van der Waals surface area contributed by atoms with Gasteiger partial charge in [0.2, 0.25) is 0 Å². The van der Waals surface area contributed by atoms with Gasteiger partial charge in [-0.15, -0.1) is 0 Å². The van der Waals surface area contributed by atoms with Gasteiger partial charge in [-0.05, 0) is 24.6 Å². The number of halogens is 3. The van der Waals surface area contributed by atoms with Crippen LogP contribution >= 0.6 is 0 Å². The van der Waals surface area contributed by atoms with Crippen LogP contribution in [0.5, 0.6) is 5.75 Å². The third kappa shape index (κ3) is 2.61. The normalized spacial score (nSPS) is 10.5. The van der Waals surface area contributed by atoms with Crippen LogP contribution in [-0.2, 0) is 0 Å². The summed E-state index contributed by atoms with van der Waals surface area (Å²) in [6.07, 6.45) is 0. The fourth-order valence-corrected chi connectivity index (χ4v) is 1.11. The van der Waals surface area contributed by atoms with Crippen molar-refractivity contribution in [3.05, 3.63) is 29.1 Å². The van der Waals surface area contributed by atoms with Crippen molar-refractivity contribution in [2.45, 2.75) is 13.5 Å². The molecule has 6 heteroatoms. The van der Waals surface area contributed by atoms with Crippen LogP contribution in [0.2, 0.25) is 0 Å². The van der Waals surface area contributed by atoms with Crippen molar-refractivity contribution in [1.82, 2.24) is 0 Å². The van der Waals surface area contributed by atoms with E-state index in [1.807, 2.05) is 0 Å².